The summed E-state index contributed by atoms with van der Waals surface area (Å²) in [7, 11) is 0. The van der Waals surface area contributed by atoms with Crippen LogP contribution in [-0.4, -0.2) is 9.78 Å². The largest absolute Gasteiger partial charge is 0.239 e. The minimum Gasteiger partial charge on any atom is -0.239 e. The summed E-state index contributed by atoms with van der Waals surface area (Å²) in [6, 6.07) is 14.5. The van der Waals surface area contributed by atoms with Gasteiger partial charge in [-0.3, -0.25) is 0 Å². The van der Waals surface area contributed by atoms with Crippen molar-refractivity contribution in [2.75, 3.05) is 0 Å². The Morgan fingerprint density at radius 3 is 2.29 bits per heavy atom. The highest BCUT2D eigenvalue weighted by Crippen LogP contribution is 2.21. The highest BCUT2D eigenvalue weighted by molar-refractivity contribution is 5.78. The van der Waals surface area contributed by atoms with E-state index < -0.39 is 0 Å². The van der Waals surface area contributed by atoms with Crippen molar-refractivity contribution in [1.82, 2.24) is 9.78 Å². The van der Waals surface area contributed by atoms with Gasteiger partial charge in [-0.25, -0.2) is 4.68 Å². The molecule has 0 unspecified atom stereocenters. The van der Waals surface area contributed by atoms with Gasteiger partial charge in [0.05, 0.1) is 11.2 Å². The van der Waals surface area contributed by atoms with Gasteiger partial charge >= 0.3 is 0 Å². The third-order valence-corrected chi connectivity index (χ3v) is 3.08. The van der Waals surface area contributed by atoms with E-state index in [4.69, 9.17) is 0 Å². The van der Waals surface area contributed by atoms with Crippen LogP contribution < -0.4 is 0 Å². The molecule has 3 rings (SSSR count). The van der Waals surface area contributed by atoms with E-state index in [1.807, 2.05) is 22.9 Å². The number of benzene rings is 2. The molecule has 0 aliphatic rings. The maximum atomic E-state index is 4.62. The fraction of sp³-hybridized carbons (Fsp3) is 0.133. The molecule has 2 heteroatoms. The topological polar surface area (TPSA) is 17.8 Å². The van der Waals surface area contributed by atoms with Gasteiger partial charge in [-0.2, -0.15) is 5.10 Å². The van der Waals surface area contributed by atoms with Crippen LogP contribution in [-0.2, 0) is 0 Å². The molecule has 1 aromatic heterocycles. The Bertz CT molecular complexity index is 627. The Kier molecular flexibility index (Phi) is 2.22. The molecule has 0 atom stereocenters. The van der Waals surface area contributed by atoms with Crippen LogP contribution in [0.4, 0.5) is 0 Å². The first-order valence-corrected chi connectivity index (χ1v) is 5.77. The second-order valence-electron chi connectivity index (χ2n) is 4.37. The summed E-state index contributed by atoms with van der Waals surface area (Å²) >= 11 is 0. The van der Waals surface area contributed by atoms with Gasteiger partial charge < -0.3 is 0 Å². The molecule has 0 N–H and O–H groups in total. The quantitative estimate of drug-likeness (QED) is 0.614. The number of aryl methyl sites for hydroxylation is 2. The summed E-state index contributed by atoms with van der Waals surface area (Å²) in [6.45, 7) is 4.24. The molecule has 0 spiro atoms. The van der Waals surface area contributed by atoms with Crippen molar-refractivity contribution in [3.05, 3.63) is 59.8 Å². The lowest BCUT2D eigenvalue weighted by Crippen LogP contribution is -1.99. The Morgan fingerprint density at radius 2 is 1.59 bits per heavy atom. The molecule has 0 amide bonds. The van der Waals surface area contributed by atoms with Crippen molar-refractivity contribution in [1.29, 1.82) is 0 Å². The predicted molar refractivity (Wildman–Crippen MR) is 70.5 cm³/mol. The molecule has 3 aromatic rings. The smallest absolute Gasteiger partial charge is 0.0927 e. The first kappa shape index (κ1) is 10.1. The minimum absolute atomic E-state index is 1.04. The molecule has 0 bridgehead atoms. The molecule has 1 heterocycles. The number of rotatable bonds is 1. The van der Waals surface area contributed by atoms with Crippen molar-refractivity contribution in [3.8, 4) is 5.69 Å². The molecule has 0 fully saturated rings. The van der Waals surface area contributed by atoms with Crippen LogP contribution in [0, 0.1) is 13.8 Å². The van der Waals surface area contributed by atoms with Gasteiger partial charge in [0.2, 0.25) is 0 Å². The summed E-state index contributed by atoms with van der Waals surface area (Å²) in [5, 5.41) is 5.80. The second kappa shape index (κ2) is 3.74. The summed E-state index contributed by atoms with van der Waals surface area (Å²) in [5.41, 5.74) is 4.72. The zero-order chi connectivity index (χ0) is 11.8. The average Bonchev–Trinajstić information content (AvgIpc) is 2.71. The number of aromatic nitrogens is 2. The van der Waals surface area contributed by atoms with Gasteiger partial charge in [-0.05, 0) is 31.0 Å². The molecule has 2 aromatic carbocycles. The highest BCUT2D eigenvalue weighted by atomic mass is 15.3. The van der Waals surface area contributed by atoms with Crippen molar-refractivity contribution in [3.63, 3.8) is 0 Å². The van der Waals surface area contributed by atoms with Gasteiger partial charge in [-0.1, -0.05) is 36.4 Å². The fourth-order valence-electron chi connectivity index (χ4n) is 2.25. The molecule has 0 saturated carbocycles. The maximum Gasteiger partial charge on any atom is 0.0927 e. The van der Waals surface area contributed by atoms with E-state index in [0.717, 1.165) is 5.52 Å². The molecule has 17 heavy (non-hydrogen) atoms. The lowest BCUT2D eigenvalue weighted by molar-refractivity contribution is 0.879. The minimum atomic E-state index is 1.04. The molecule has 0 aliphatic heterocycles. The van der Waals surface area contributed by atoms with E-state index in [2.05, 4.69) is 49.4 Å². The van der Waals surface area contributed by atoms with E-state index in [-0.39, 0.29) is 0 Å². The normalized spacial score (nSPS) is 10.9. The Balaban J connectivity index is 2.27. The SMILES string of the molecule is Cc1cccc(C)c1-n1cc2ccccc2n1. The van der Waals surface area contributed by atoms with Gasteiger partial charge in [-0.15, -0.1) is 0 Å². The average molecular weight is 222 g/mol. The van der Waals surface area contributed by atoms with Gasteiger partial charge in [0, 0.05) is 11.6 Å². The second-order valence-corrected chi connectivity index (χ2v) is 4.37. The van der Waals surface area contributed by atoms with Crippen molar-refractivity contribution < 1.29 is 0 Å². The van der Waals surface area contributed by atoms with E-state index in [1.165, 1.54) is 22.2 Å². The van der Waals surface area contributed by atoms with Crippen LogP contribution in [0.15, 0.2) is 48.7 Å². The monoisotopic (exact) mass is 222 g/mol. The standard InChI is InChI=1S/C15H14N2/c1-11-6-5-7-12(2)15(11)17-10-13-8-3-4-9-14(13)16-17/h3-10H,1-2H3. The van der Waals surface area contributed by atoms with Gasteiger partial charge in [0.1, 0.15) is 0 Å². The van der Waals surface area contributed by atoms with Crippen molar-refractivity contribution in [2.24, 2.45) is 0 Å². The third kappa shape index (κ3) is 1.62. The van der Waals surface area contributed by atoms with Crippen LogP contribution in [0.1, 0.15) is 11.1 Å². The van der Waals surface area contributed by atoms with E-state index in [0.29, 0.717) is 0 Å². The number of hydrogen-bond acceptors (Lipinski definition) is 1. The maximum absolute atomic E-state index is 4.62. The molecular formula is C15H14N2. The summed E-state index contributed by atoms with van der Waals surface area (Å²) in [4.78, 5) is 0. The lowest BCUT2D eigenvalue weighted by atomic mass is 10.1. The molecule has 2 nitrogen and oxygen atoms in total. The van der Waals surface area contributed by atoms with Crippen LogP contribution >= 0.6 is 0 Å². The van der Waals surface area contributed by atoms with Gasteiger partial charge in [0.15, 0.2) is 0 Å². The number of fused-ring (bicyclic) bond motifs is 1. The molecular weight excluding hydrogens is 208 g/mol. The fourth-order valence-corrected chi connectivity index (χ4v) is 2.25. The molecule has 0 aliphatic carbocycles. The first-order chi connectivity index (χ1) is 8.25. The first-order valence-electron chi connectivity index (χ1n) is 5.77. The Labute approximate surface area is 101 Å². The van der Waals surface area contributed by atoms with Crippen LogP contribution in [0.3, 0.4) is 0 Å². The van der Waals surface area contributed by atoms with Crippen LogP contribution in [0.25, 0.3) is 16.6 Å². The number of hydrogen-bond donors (Lipinski definition) is 0. The van der Waals surface area contributed by atoms with Crippen LogP contribution in [0.5, 0.6) is 0 Å². The van der Waals surface area contributed by atoms with Crippen LogP contribution in [0.2, 0.25) is 0 Å². The Morgan fingerprint density at radius 1 is 0.882 bits per heavy atom. The zero-order valence-electron chi connectivity index (χ0n) is 10.0. The lowest BCUT2D eigenvalue weighted by Gasteiger charge is -2.08. The Hall–Kier alpha value is -2.09. The van der Waals surface area contributed by atoms with Crippen molar-refractivity contribution >= 4 is 10.9 Å². The molecule has 0 radical (unpaired) electrons. The summed E-state index contributed by atoms with van der Waals surface area (Å²) in [6.07, 6.45) is 2.09. The number of nitrogens with zero attached hydrogens (tertiary/aromatic N) is 2. The van der Waals surface area contributed by atoms with Gasteiger partial charge in [0.25, 0.3) is 0 Å². The van der Waals surface area contributed by atoms with E-state index in [9.17, 15) is 0 Å². The zero-order valence-corrected chi connectivity index (χ0v) is 10.0. The molecule has 0 saturated heterocycles. The van der Waals surface area contributed by atoms with E-state index >= 15 is 0 Å². The predicted octanol–water partition coefficient (Wildman–Crippen LogP) is 3.64. The molecule has 84 valence electrons. The number of para-hydroxylation sites is 1. The summed E-state index contributed by atoms with van der Waals surface area (Å²) in [5.74, 6) is 0. The third-order valence-electron chi connectivity index (χ3n) is 3.08. The van der Waals surface area contributed by atoms with Crippen molar-refractivity contribution in [2.45, 2.75) is 13.8 Å². The van der Waals surface area contributed by atoms with E-state index in [1.54, 1.807) is 0 Å². The summed E-state index contributed by atoms with van der Waals surface area (Å²) < 4.78 is 1.98. The highest BCUT2D eigenvalue weighted by Gasteiger charge is 2.06.